The van der Waals surface area contributed by atoms with Gasteiger partial charge in [0.1, 0.15) is 0 Å². The van der Waals surface area contributed by atoms with Crippen molar-refractivity contribution >= 4 is 5.96 Å². The number of rotatable bonds is 10. The van der Waals surface area contributed by atoms with E-state index in [1.54, 1.807) is 0 Å². The molecular formula is C14H32N4. The van der Waals surface area contributed by atoms with Crippen LogP contribution in [-0.2, 0) is 0 Å². The maximum absolute atomic E-state index is 4.54. The van der Waals surface area contributed by atoms with Crippen LogP contribution >= 0.6 is 0 Å². The van der Waals surface area contributed by atoms with E-state index < -0.39 is 0 Å². The zero-order valence-corrected chi connectivity index (χ0v) is 12.8. The molecule has 0 aliphatic carbocycles. The molecule has 0 amide bonds. The first-order valence-corrected chi connectivity index (χ1v) is 7.45. The Morgan fingerprint density at radius 2 is 1.72 bits per heavy atom. The molecule has 18 heavy (non-hydrogen) atoms. The Kier molecular flexibility index (Phi) is 12.1. The number of guanidine groups is 1. The molecule has 0 aromatic carbocycles. The van der Waals surface area contributed by atoms with Crippen molar-refractivity contribution in [3.8, 4) is 0 Å². The van der Waals surface area contributed by atoms with Gasteiger partial charge in [0.15, 0.2) is 5.96 Å². The van der Waals surface area contributed by atoms with Gasteiger partial charge in [0.05, 0.1) is 0 Å². The van der Waals surface area contributed by atoms with E-state index in [1.165, 1.54) is 25.8 Å². The highest BCUT2D eigenvalue weighted by molar-refractivity contribution is 5.79. The highest BCUT2D eigenvalue weighted by Crippen LogP contribution is 1.90. The van der Waals surface area contributed by atoms with Gasteiger partial charge in [0.25, 0.3) is 0 Å². The summed E-state index contributed by atoms with van der Waals surface area (Å²) in [5, 5.41) is 6.66. The van der Waals surface area contributed by atoms with Crippen LogP contribution < -0.4 is 10.6 Å². The van der Waals surface area contributed by atoms with Crippen molar-refractivity contribution in [1.29, 1.82) is 0 Å². The maximum Gasteiger partial charge on any atom is 0.191 e. The van der Waals surface area contributed by atoms with Crippen LogP contribution in [0, 0.1) is 0 Å². The van der Waals surface area contributed by atoms with Gasteiger partial charge in [0, 0.05) is 26.2 Å². The van der Waals surface area contributed by atoms with Crippen LogP contribution in [0.1, 0.15) is 46.5 Å². The number of nitrogens with one attached hydrogen (secondary N) is 2. The standard InChI is InChI=1S/C14H32N4/c1-5-8-10-16-14(15-7-3)17-11-13-18(4)12-9-6-2/h5-13H2,1-4H3,(H2,15,16,17). The summed E-state index contributed by atoms with van der Waals surface area (Å²) in [6.07, 6.45) is 4.90. The average Bonchev–Trinajstić information content (AvgIpc) is 2.36. The molecule has 0 aliphatic rings. The van der Waals surface area contributed by atoms with E-state index in [0.29, 0.717) is 0 Å². The summed E-state index contributed by atoms with van der Waals surface area (Å²) in [7, 11) is 2.18. The van der Waals surface area contributed by atoms with Crippen LogP contribution in [-0.4, -0.2) is 50.6 Å². The number of hydrogen-bond acceptors (Lipinski definition) is 2. The van der Waals surface area contributed by atoms with Gasteiger partial charge in [-0.1, -0.05) is 26.7 Å². The molecule has 2 N–H and O–H groups in total. The fraction of sp³-hybridized carbons (Fsp3) is 0.929. The molecule has 0 aromatic heterocycles. The molecule has 0 bridgehead atoms. The minimum Gasteiger partial charge on any atom is -0.357 e. The van der Waals surface area contributed by atoms with Crippen molar-refractivity contribution in [1.82, 2.24) is 15.5 Å². The molecule has 0 fully saturated rings. The molecule has 0 spiro atoms. The number of hydrogen-bond donors (Lipinski definition) is 2. The van der Waals surface area contributed by atoms with Crippen LogP contribution in [0.15, 0.2) is 4.99 Å². The fourth-order valence-electron chi connectivity index (χ4n) is 1.60. The van der Waals surface area contributed by atoms with Gasteiger partial charge < -0.3 is 15.5 Å². The second kappa shape index (κ2) is 12.7. The third-order valence-electron chi connectivity index (χ3n) is 2.81. The molecule has 0 aliphatic heterocycles. The molecule has 0 unspecified atom stereocenters. The maximum atomic E-state index is 4.54. The molecule has 0 radical (unpaired) electrons. The van der Waals surface area contributed by atoms with E-state index >= 15 is 0 Å². The monoisotopic (exact) mass is 256 g/mol. The van der Waals surface area contributed by atoms with E-state index in [-0.39, 0.29) is 0 Å². The van der Waals surface area contributed by atoms with Gasteiger partial charge in [-0.25, -0.2) is 0 Å². The zero-order chi connectivity index (χ0) is 13.6. The summed E-state index contributed by atoms with van der Waals surface area (Å²) in [5.74, 6) is 0.954. The first kappa shape index (κ1) is 17.2. The van der Waals surface area contributed by atoms with Crippen molar-refractivity contribution in [3.05, 3.63) is 0 Å². The highest BCUT2D eigenvalue weighted by Gasteiger charge is 1.99. The van der Waals surface area contributed by atoms with Gasteiger partial charge >= 0.3 is 0 Å². The van der Waals surface area contributed by atoms with Crippen molar-refractivity contribution in [2.24, 2.45) is 4.99 Å². The van der Waals surface area contributed by atoms with Gasteiger partial charge in [0.2, 0.25) is 0 Å². The van der Waals surface area contributed by atoms with E-state index in [1.807, 2.05) is 0 Å². The molecule has 0 atom stereocenters. The third kappa shape index (κ3) is 10.4. The lowest BCUT2D eigenvalue weighted by molar-refractivity contribution is 0.332. The van der Waals surface area contributed by atoms with Crippen molar-refractivity contribution in [2.75, 3.05) is 39.8 Å². The summed E-state index contributed by atoms with van der Waals surface area (Å²) >= 11 is 0. The quantitative estimate of drug-likeness (QED) is 0.357. The molecule has 0 saturated carbocycles. The van der Waals surface area contributed by atoms with Gasteiger partial charge in [-0.3, -0.25) is 4.99 Å². The van der Waals surface area contributed by atoms with E-state index in [4.69, 9.17) is 0 Å². The average molecular weight is 256 g/mol. The van der Waals surface area contributed by atoms with Crippen molar-refractivity contribution < 1.29 is 0 Å². The van der Waals surface area contributed by atoms with Crippen LogP contribution in [0.2, 0.25) is 0 Å². The molecular weight excluding hydrogens is 224 g/mol. The summed E-state index contributed by atoms with van der Waals surface area (Å²) in [4.78, 5) is 6.91. The summed E-state index contributed by atoms with van der Waals surface area (Å²) in [5.41, 5.74) is 0. The Hall–Kier alpha value is -0.770. The fourth-order valence-corrected chi connectivity index (χ4v) is 1.60. The smallest absolute Gasteiger partial charge is 0.191 e. The van der Waals surface area contributed by atoms with E-state index in [9.17, 15) is 0 Å². The van der Waals surface area contributed by atoms with E-state index in [2.05, 4.69) is 48.3 Å². The molecule has 108 valence electrons. The second-order valence-electron chi connectivity index (χ2n) is 4.70. The molecule has 0 rings (SSSR count). The second-order valence-corrected chi connectivity index (χ2v) is 4.70. The van der Waals surface area contributed by atoms with Gasteiger partial charge in [-0.2, -0.15) is 0 Å². The summed E-state index contributed by atoms with van der Waals surface area (Å²) in [6.45, 7) is 11.6. The molecule has 0 heterocycles. The van der Waals surface area contributed by atoms with Crippen molar-refractivity contribution in [3.63, 3.8) is 0 Å². The minimum atomic E-state index is 0.914. The first-order valence-electron chi connectivity index (χ1n) is 7.45. The summed E-state index contributed by atoms with van der Waals surface area (Å²) in [6, 6.07) is 0. The molecule has 0 saturated heterocycles. The topological polar surface area (TPSA) is 39.7 Å². The van der Waals surface area contributed by atoms with Crippen LogP contribution in [0.3, 0.4) is 0 Å². The predicted molar refractivity (Wildman–Crippen MR) is 81.3 cm³/mol. The number of unbranched alkanes of at least 4 members (excludes halogenated alkanes) is 2. The highest BCUT2D eigenvalue weighted by atomic mass is 15.2. The Bertz CT molecular complexity index is 204. The van der Waals surface area contributed by atoms with Crippen LogP contribution in [0.25, 0.3) is 0 Å². The van der Waals surface area contributed by atoms with E-state index in [0.717, 1.165) is 38.6 Å². The number of aliphatic imine (C=N–C) groups is 1. The zero-order valence-electron chi connectivity index (χ0n) is 12.8. The Morgan fingerprint density at radius 3 is 2.33 bits per heavy atom. The number of likely N-dealkylation sites (N-methyl/N-ethyl adjacent to an activating group) is 1. The minimum absolute atomic E-state index is 0.914. The molecule has 4 nitrogen and oxygen atoms in total. The lowest BCUT2D eigenvalue weighted by atomic mass is 10.3. The van der Waals surface area contributed by atoms with Crippen molar-refractivity contribution in [2.45, 2.75) is 46.5 Å². The Balaban J connectivity index is 3.78. The first-order chi connectivity index (χ1) is 8.74. The number of nitrogens with zero attached hydrogens (tertiary/aromatic N) is 2. The van der Waals surface area contributed by atoms with Crippen LogP contribution in [0.5, 0.6) is 0 Å². The lowest BCUT2D eigenvalue weighted by Crippen LogP contribution is -2.41. The normalized spacial score (nSPS) is 11.9. The SMILES string of the molecule is CCCCN=C(NCC)NCCN(C)CCCC. The van der Waals surface area contributed by atoms with Gasteiger partial charge in [-0.05, 0) is 33.4 Å². The van der Waals surface area contributed by atoms with Gasteiger partial charge in [-0.15, -0.1) is 0 Å². The van der Waals surface area contributed by atoms with Crippen LogP contribution in [0.4, 0.5) is 0 Å². The third-order valence-corrected chi connectivity index (χ3v) is 2.81. The summed E-state index contributed by atoms with van der Waals surface area (Å²) < 4.78 is 0. The Labute approximate surface area is 113 Å². The molecule has 0 aromatic rings. The lowest BCUT2D eigenvalue weighted by Gasteiger charge is -2.17. The molecule has 4 heteroatoms. The Morgan fingerprint density at radius 1 is 1.00 bits per heavy atom. The predicted octanol–water partition coefficient (Wildman–Crippen LogP) is 2.07. The largest absolute Gasteiger partial charge is 0.357 e.